The molecule has 228 valence electrons. The molecule has 0 atom stereocenters. The van der Waals surface area contributed by atoms with E-state index in [4.69, 9.17) is 0 Å². The first-order valence-electron chi connectivity index (χ1n) is 15.3. The molecule has 4 aromatic rings. The summed E-state index contributed by atoms with van der Waals surface area (Å²) in [6.45, 7) is 18.1. The molecule has 3 aliphatic carbocycles. The third-order valence-corrected chi connectivity index (χ3v) is 9.74. The molecule has 0 fully saturated rings. The molecule has 3 heteroatoms. The van der Waals surface area contributed by atoms with Gasteiger partial charge in [0.1, 0.15) is 0 Å². The molecule has 0 bridgehead atoms. The number of allylic oxidation sites excluding steroid dienone is 2. The molecule has 0 saturated carbocycles. The van der Waals surface area contributed by atoms with Crippen LogP contribution in [0.3, 0.4) is 0 Å². The molecule has 0 aromatic heterocycles. The van der Waals surface area contributed by atoms with E-state index >= 15 is 0 Å². The Balaban J connectivity index is 0.000000212. The van der Waals surface area contributed by atoms with Gasteiger partial charge < -0.3 is 24.8 Å². The predicted molar refractivity (Wildman–Crippen MR) is 179 cm³/mol. The van der Waals surface area contributed by atoms with Gasteiger partial charge in [-0.3, -0.25) is 6.08 Å². The average Bonchev–Trinajstić information content (AvgIpc) is 3.72. The van der Waals surface area contributed by atoms with E-state index in [9.17, 15) is 0 Å². The van der Waals surface area contributed by atoms with Crippen LogP contribution in [0, 0.1) is 6.08 Å². The minimum atomic E-state index is 0. The van der Waals surface area contributed by atoms with E-state index in [0.29, 0.717) is 5.41 Å². The summed E-state index contributed by atoms with van der Waals surface area (Å²) in [7, 11) is 0. The fraction of sp³-hybridized carbons (Fsp3) is 0.317. The molecule has 3 aliphatic rings. The van der Waals surface area contributed by atoms with E-state index in [1.165, 1.54) is 85.4 Å². The Labute approximate surface area is 293 Å². The van der Waals surface area contributed by atoms with Gasteiger partial charge in [0.15, 0.2) is 0 Å². The van der Waals surface area contributed by atoms with E-state index in [-0.39, 0.29) is 35.6 Å². The molecule has 0 saturated heterocycles. The van der Waals surface area contributed by atoms with Crippen LogP contribution in [0.4, 0.5) is 0 Å². The van der Waals surface area contributed by atoms with Gasteiger partial charge in [0, 0.05) is 5.41 Å². The third-order valence-electron chi connectivity index (χ3n) is 8.92. The van der Waals surface area contributed by atoms with Crippen molar-refractivity contribution in [1.82, 2.24) is 0 Å². The standard InChI is InChI=1S/C23H21.C11H17.C7H6.2ClH.Zr/c1-22(2)7-5-14-10-18-16(12-20(14)22)9-17-13-21-15(11-19(17)18)6-8-23(21,3)4;1-5-9-6-7-10(8-9)11(2,3)4;1-7-5-3-2-4-6-7;;;/h5-7,10-13H,9H2,1-4H3;6-8H,5H2,1-4H3;1-6H;2*1H;/q2*-1;;;;+2/p-2. The quantitative estimate of drug-likeness (QED) is 0.241. The Morgan fingerprint density at radius 2 is 1.48 bits per heavy atom. The first kappa shape index (κ1) is 36.3. The van der Waals surface area contributed by atoms with Gasteiger partial charge in [-0.15, -0.1) is 11.6 Å². The van der Waals surface area contributed by atoms with Crippen LogP contribution in [0.5, 0.6) is 0 Å². The van der Waals surface area contributed by atoms with E-state index in [0.717, 1.165) is 12.8 Å². The maximum absolute atomic E-state index is 3.50. The van der Waals surface area contributed by atoms with Gasteiger partial charge >= 0.3 is 63.8 Å². The molecule has 0 radical (unpaired) electrons. The number of rotatable bonds is 2. The van der Waals surface area contributed by atoms with Crippen molar-refractivity contribution in [1.29, 1.82) is 0 Å². The number of hydrogen-bond acceptors (Lipinski definition) is 0. The third kappa shape index (κ3) is 7.61. The van der Waals surface area contributed by atoms with Gasteiger partial charge in [0.2, 0.25) is 0 Å². The number of halogens is 2. The van der Waals surface area contributed by atoms with Crippen molar-refractivity contribution in [3.8, 4) is 11.1 Å². The van der Waals surface area contributed by atoms with Crippen molar-refractivity contribution in [3.63, 3.8) is 0 Å². The van der Waals surface area contributed by atoms with Crippen LogP contribution in [-0.4, -0.2) is 3.71 Å². The number of aryl methyl sites for hydroxylation is 1. The van der Waals surface area contributed by atoms with Crippen LogP contribution in [0.25, 0.3) is 23.3 Å². The fourth-order valence-corrected chi connectivity index (χ4v) is 6.60. The first-order chi connectivity index (χ1) is 19.8. The van der Waals surface area contributed by atoms with Crippen molar-refractivity contribution in [2.75, 3.05) is 0 Å². The molecule has 4 aromatic carbocycles. The molecule has 7 rings (SSSR count). The van der Waals surface area contributed by atoms with Gasteiger partial charge in [0.05, 0.1) is 0 Å². The molecule has 0 unspecified atom stereocenters. The summed E-state index contributed by atoms with van der Waals surface area (Å²) in [6.07, 6.45) is 12.5. The van der Waals surface area contributed by atoms with E-state index in [2.05, 4.69) is 150 Å². The molecule has 0 spiro atoms. The summed E-state index contributed by atoms with van der Waals surface area (Å²) in [5.41, 5.74) is 16.2. The van der Waals surface area contributed by atoms with Crippen molar-refractivity contribution >= 4 is 15.9 Å². The molecular weight excluding hydrogens is 655 g/mol. The normalized spacial score (nSPS) is 15.2. The maximum atomic E-state index is 3.50. The SMILES string of the molecule is CC1(C)[C-]=Cc2cc3c(cc21)Cc1cc2c(cc1-3)C=CC2(C)C.CCc1cc(C(C)(C)C)c[cH-]1.[Cl-].[Cl-].[Zr+2]=[CH]c1ccccc1. The van der Waals surface area contributed by atoms with Gasteiger partial charge in [-0.05, 0) is 45.9 Å². The van der Waals surface area contributed by atoms with E-state index < -0.39 is 0 Å². The molecule has 0 amide bonds. The molecule has 0 aliphatic heterocycles. The second-order valence-corrected chi connectivity index (χ2v) is 14.7. The van der Waals surface area contributed by atoms with Crippen molar-refractivity contribution in [2.24, 2.45) is 0 Å². The number of benzene rings is 3. The molecule has 0 heterocycles. The van der Waals surface area contributed by atoms with Crippen LogP contribution in [-0.2, 0) is 53.3 Å². The Morgan fingerprint density at radius 1 is 0.864 bits per heavy atom. The summed E-state index contributed by atoms with van der Waals surface area (Å²) >= 11 is 1.46. The topological polar surface area (TPSA) is 0 Å². The minimum absolute atomic E-state index is 0. The Hall–Kier alpha value is -2.18. The zero-order valence-corrected chi connectivity index (χ0v) is 31.4. The average molecular weight is 699 g/mol. The fourth-order valence-electron chi connectivity index (χ4n) is 6.13. The van der Waals surface area contributed by atoms with Crippen LogP contribution in [0.15, 0.2) is 78.9 Å². The van der Waals surface area contributed by atoms with E-state index in [1.54, 1.807) is 0 Å². The molecular formula is C41H44Cl2Zr-2. The van der Waals surface area contributed by atoms with Crippen LogP contribution >= 0.6 is 0 Å². The van der Waals surface area contributed by atoms with Crippen LogP contribution in [0.1, 0.15) is 105 Å². The summed E-state index contributed by atoms with van der Waals surface area (Å²) in [4.78, 5) is 0. The summed E-state index contributed by atoms with van der Waals surface area (Å²) in [6, 6.07) is 26.8. The van der Waals surface area contributed by atoms with Crippen LogP contribution < -0.4 is 24.8 Å². The van der Waals surface area contributed by atoms with Crippen molar-refractivity contribution < 1.29 is 49.0 Å². The molecule has 0 nitrogen and oxygen atoms in total. The first-order valence-corrected chi connectivity index (χ1v) is 16.7. The zero-order chi connectivity index (χ0) is 30.3. The summed E-state index contributed by atoms with van der Waals surface area (Å²) in [5.74, 6) is 0. The van der Waals surface area contributed by atoms with Crippen molar-refractivity contribution in [3.05, 3.63) is 135 Å². The van der Waals surface area contributed by atoms with Gasteiger partial charge in [-0.2, -0.15) is 28.8 Å². The van der Waals surface area contributed by atoms with Crippen molar-refractivity contribution in [2.45, 2.75) is 84.5 Å². The molecule has 44 heavy (non-hydrogen) atoms. The second-order valence-electron chi connectivity index (χ2n) is 14.0. The molecule has 0 N–H and O–H groups in total. The second kappa shape index (κ2) is 14.1. The van der Waals surface area contributed by atoms with Gasteiger partial charge in [-0.1, -0.05) is 96.9 Å². The number of fused-ring (bicyclic) bond motifs is 5. The van der Waals surface area contributed by atoms with Crippen LogP contribution in [0.2, 0.25) is 0 Å². The Morgan fingerprint density at radius 3 is 2.00 bits per heavy atom. The van der Waals surface area contributed by atoms with Gasteiger partial charge in [-0.25, -0.2) is 12.1 Å². The summed E-state index contributed by atoms with van der Waals surface area (Å²) in [5, 5.41) is 0. The van der Waals surface area contributed by atoms with Gasteiger partial charge in [0.25, 0.3) is 0 Å². The summed E-state index contributed by atoms with van der Waals surface area (Å²) < 4.78 is 2.17. The number of hydrogen-bond donors (Lipinski definition) is 0. The Kier molecular flexibility index (Phi) is 11.6. The Bertz CT molecular complexity index is 1600. The zero-order valence-electron chi connectivity index (χ0n) is 27.4. The predicted octanol–water partition coefficient (Wildman–Crippen LogP) is 4.33. The monoisotopic (exact) mass is 696 g/mol. The van der Waals surface area contributed by atoms with E-state index in [1.807, 2.05) is 6.07 Å².